The van der Waals surface area contributed by atoms with Crippen molar-refractivity contribution in [3.8, 4) is 11.3 Å². The molecule has 4 rings (SSSR count). The highest BCUT2D eigenvalue weighted by atomic mass is 35.5. The number of nitrogens with one attached hydrogen (secondary N) is 2. The number of aromatic nitrogens is 2. The maximum Gasteiger partial charge on any atom is 0.323 e. The first-order valence-corrected chi connectivity index (χ1v) is 9.27. The Hall–Kier alpha value is -2.54. The fourth-order valence-corrected chi connectivity index (χ4v) is 3.74. The third-order valence-electron chi connectivity index (χ3n) is 3.65. The van der Waals surface area contributed by atoms with Crippen LogP contribution in [0.25, 0.3) is 16.2 Å². The molecule has 0 radical (unpaired) electrons. The Morgan fingerprint density at radius 1 is 1.00 bits per heavy atom. The molecule has 0 fully saturated rings. The number of hydrogen-bond acceptors (Lipinski definition) is 3. The van der Waals surface area contributed by atoms with Crippen LogP contribution in [0, 0.1) is 0 Å². The second-order valence-electron chi connectivity index (χ2n) is 5.53. The lowest BCUT2D eigenvalue weighted by Crippen LogP contribution is -2.19. The number of thiazole rings is 1. The van der Waals surface area contributed by atoms with Crippen molar-refractivity contribution in [2.24, 2.45) is 0 Å². The standard InChI is InChI=1S/C18H12Cl2N4OS/c19-12-7-13(20)9-15(8-12)22-17(25)21-14-3-1-11(2-4-14)16-10-24-5-6-26-18(24)23-16/h1-10H,(H2,21,22,25). The van der Waals surface area contributed by atoms with E-state index in [-0.39, 0.29) is 6.03 Å². The molecule has 0 spiro atoms. The van der Waals surface area contributed by atoms with E-state index in [1.165, 1.54) is 0 Å². The highest BCUT2D eigenvalue weighted by Crippen LogP contribution is 2.24. The normalized spacial score (nSPS) is 10.8. The monoisotopic (exact) mass is 402 g/mol. The SMILES string of the molecule is O=C(Nc1ccc(-c2cn3ccsc3n2)cc1)Nc1cc(Cl)cc(Cl)c1. The van der Waals surface area contributed by atoms with E-state index in [0.29, 0.717) is 21.4 Å². The Morgan fingerprint density at radius 3 is 2.38 bits per heavy atom. The first-order chi connectivity index (χ1) is 12.6. The molecular formula is C18H12Cl2N4OS. The van der Waals surface area contributed by atoms with Gasteiger partial charge in [-0.15, -0.1) is 11.3 Å². The summed E-state index contributed by atoms with van der Waals surface area (Å²) in [5.74, 6) is 0. The molecule has 4 aromatic rings. The van der Waals surface area contributed by atoms with E-state index in [0.717, 1.165) is 16.2 Å². The third-order valence-corrected chi connectivity index (χ3v) is 4.86. The van der Waals surface area contributed by atoms with E-state index in [4.69, 9.17) is 23.2 Å². The molecule has 2 heterocycles. The minimum Gasteiger partial charge on any atom is -0.308 e. The quantitative estimate of drug-likeness (QED) is 0.440. The Morgan fingerprint density at radius 2 is 1.69 bits per heavy atom. The topological polar surface area (TPSA) is 58.4 Å². The van der Waals surface area contributed by atoms with Crippen LogP contribution in [0.15, 0.2) is 60.2 Å². The molecule has 2 aromatic carbocycles. The molecule has 26 heavy (non-hydrogen) atoms. The van der Waals surface area contributed by atoms with Gasteiger partial charge in [0.15, 0.2) is 4.96 Å². The summed E-state index contributed by atoms with van der Waals surface area (Å²) >= 11 is 13.4. The molecule has 2 N–H and O–H groups in total. The van der Waals surface area contributed by atoms with Gasteiger partial charge in [-0.1, -0.05) is 35.3 Å². The molecule has 2 aromatic heterocycles. The molecule has 5 nitrogen and oxygen atoms in total. The predicted octanol–water partition coefficient (Wildman–Crippen LogP) is 6.01. The summed E-state index contributed by atoms with van der Waals surface area (Å²) in [6, 6.07) is 12.0. The number of nitrogens with zero attached hydrogens (tertiary/aromatic N) is 2. The number of carbonyl (C=O) groups excluding carboxylic acids is 1. The highest BCUT2D eigenvalue weighted by Gasteiger charge is 2.07. The Labute approximate surface area is 163 Å². The van der Waals surface area contributed by atoms with Crippen LogP contribution in [0.5, 0.6) is 0 Å². The van der Waals surface area contributed by atoms with E-state index in [9.17, 15) is 4.79 Å². The van der Waals surface area contributed by atoms with Crippen molar-refractivity contribution in [3.63, 3.8) is 0 Å². The van der Waals surface area contributed by atoms with Gasteiger partial charge in [-0.05, 0) is 30.3 Å². The number of halogens is 2. The maximum absolute atomic E-state index is 12.1. The molecule has 0 atom stereocenters. The van der Waals surface area contributed by atoms with Gasteiger partial charge in [-0.2, -0.15) is 0 Å². The zero-order valence-corrected chi connectivity index (χ0v) is 15.6. The minimum atomic E-state index is -0.376. The smallest absolute Gasteiger partial charge is 0.308 e. The average molecular weight is 403 g/mol. The maximum atomic E-state index is 12.1. The van der Waals surface area contributed by atoms with Crippen LogP contribution in [-0.2, 0) is 0 Å². The van der Waals surface area contributed by atoms with E-state index in [1.807, 2.05) is 46.4 Å². The van der Waals surface area contributed by atoms with Crippen molar-refractivity contribution < 1.29 is 4.79 Å². The summed E-state index contributed by atoms with van der Waals surface area (Å²) in [6.45, 7) is 0. The zero-order chi connectivity index (χ0) is 18.1. The number of anilines is 2. The fraction of sp³-hybridized carbons (Fsp3) is 0. The molecule has 8 heteroatoms. The highest BCUT2D eigenvalue weighted by molar-refractivity contribution is 7.15. The Balaban J connectivity index is 1.45. The molecule has 2 amide bonds. The van der Waals surface area contributed by atoms with E-state index >= 15 is 0 Å². The van der Waals surface area contributed by atoms with Gasteiger partial charge in [-0.25, -0.2) is 9.78 Å². The second kappa shape index (κ2) is 6.99. The summed E-state index contributed by atoms with van der Waals surface area (Å²) < 4.78 is 1.98. The first kappa shape index (κ1) is 16.9. The lowest BCUT2D eigenvalue weighted by molar-refractivity contribution is 0.262. The first-order valence-electron chi connectivity index (χ1n) is 7.63. The number of urea groups is 1. The van der Waals surface area contributed by atoms with Gasteiger partial charge >= 0.3 is 6.03 Å². The van der Waals surface area contributed by atoms with Crippen LogP contribution in [0.4, 0.5) is 16.2 Å². The predicted molar refractivity (Wildman–Crippen MR) is 108 cm³/mol. The molecule has 0 aliphatic heterocycles. The molecule has 130 valence electrons. The fourth-order valence-electron chi connectivity index (χ4n) is 2.51. The molecule has 0 unspecified atom stereocenters. The summed E-state index contributed by atoms with van der Waals surface area (Å²) in [5.41, 5.74) is 3.06. The molecule has 0 aliphatic carbocycles. The van der Waals surface area contributed by atoms with Gasteiger partial charge in [-0.3, -0.25) is 4.40 Å². The largest absolute Gasteiger partial charge is 0.323 e. The van der Waals surface area contributed by atoms with Gasteiger partial charge < -0.3 is 10.6 Å². The molecule has 0 aliphatic rings. The summed E-state index contributed by atoms with van der Waals surface area (Å²) in [5, 5.41) is 8.37. The van der Waals surface area contributed by atoms with Crippen molar-refractivity contribution in [1.29, 1.82) is 0 Å². The molecule has 0 saturated carbocycles. The number of hydrogen-bond donors (Lipinski definition) is 2. The lowest BCUT2D eigenvalue weighted by Gasteiger charge is -2.09. The van der Waals surface area contributed by atoms with Gasteiger partial charge in [0.1, 0.15) is 0 Å². The summed E-state index contributed by atoms with van der Waals surface area (Å²) in [4.78, 5) is 17.6. The Kier molecular flexibility index (Phi) is 4.55. The zero-order valence-electron chi connectivity index (χ0n) is 13.2. The second-order valence-corrected chi connectivity index (χ2v) is 7.28. The Bertz CT molecular complexity index is 1040. The van der Waals surface area contributed by atoms with Crippen molar-refractivity contribution in [3.05, 3.63) is 70.3 Å². The van der Waals surface area contributed by atoms with Crippen LogP contribution in [0.2, 0.25) is 10.0 Å². The van der Waals surface area contributed by atoms with E-state index in [2.05, 4.69) is 15.6 Å². The number of imidazole rings is 1. The van der Waals surface area contributed by atoms with Gasteiger partial charge in [0.25, 0.3) is 0 Å². The average Bonchev–Trinajstić information content (AvgIpc) is 3.16. The van der Waals surface area contributed by atoms with Crippen molar-refractivity contribution in [1.82, 2.24) is 9.38 Å². The van der Waals surface area contributed by atoms with Crippen molar-refractivity contribution in [2.45, 2.75) is 0 Å². The van der Waals surface area contributed by atoms with Crippen molar-refractivity contribution in [2.75, 3.05) is 10.6 Å². The van der Waals surface area contributed by atoms with Gasteiger partial charge in [0.05, 0.1) is 5.69 Å². The number of carbonyl (C=O) groups is 1. The van der Waals surface area contributed by atoms with Gasteiger partial charge in [0.2, 0.25) is 0 Å². The van der Waals surface area contributed by atoms with Crippen LogP contribution < -0.4 is 10.6 Å². The number of fused-ring (bicyclic) bond motifs is 1. The summed E-state index contributed by atoms with van der Waals surface area (Å²) in [7, 11) is 0. The third kappa shape index (κ3) is 3.67. The van der Waals surface area contributed by atoms with Gasteiger partial charge in [0, 0.05) is 44.8 Å². The van der Waals surface area contributed by atoms with E-state index in [1.54, 1.807) is 29.5 Å². The van der Waals surface area contributed by atoms with Crippen molar-refractivity contribution >= 4 is 56.9 Å². The van der Waals surface area contributed by atoms with Crippen LogP contribution >= 0.6 is 34.5 Å². The van der Waals surface area contributed by atoms with Crippen LogP contribution in [-0.4, -0.2) is 15.4 Å². The molecule has 0 saturated heterocycles. The van der Waals surface area contributed by atoms with Crippen LogP contribution in [0.1, 0.15) is 0 Å². The molecule has 0 bridgehead atoms. The number of benzene rings is 2. The summed E-state index contributed by atoms with van der Waals surface area (Å²) in [6.07, 6.45) is 3.95. The number of rotatable bonds is 3. The van der Waals surface area contributed by atoms with Crippen LogP contribution in [0.3, 0.4) is 0 Å². The minimum absolute atomic E-state index is 0.376. The lowest BCUT2D eigenvalue weighted by atomic mass is 10.1. The molecular weight excluding hydrogens is 391 g/mol. The van der Waals surface area contributed by atoms with E-state index < -0.39 is 0 Å². The number of amides is 2.